The molecule has 17 heavy (non-hydrogen) atoms. The van der Waals surface area contributed by atoms with Gasteiger partial charge in [0.2, 0.25) is 5.91 Å². The first-order valence-electron chi connectivity index (χ1n) is 6.61. The van der Waals surface area contributed by atoms with Crippen molar-refractivity contribution < 1.29 is 4.79 Å². The highest BCUT2D eigenvalue weighted by molar-refractivity contribution is 5.83. The number of nitrogens with zero attached hydrogens (tertiary/aromatic N) is 2. The van der Waals surface area contributed by atoms with Crippen LogP contribution in [0.5, 0.6) is 0 Å². The van der Waals surface area contributed by atoms with E-state index in [4.69, 9.17) is 0 Å². The standard InChI is InChI=1S/C13H27N3O/c1-9(2)12-14-11(5)13(17)16(12)8-7-15(6)10(3)4/h9-12,14H,7-8H2,1-6H3. The molecule has 1 rings (SSSR count). The maximum Gasteiger partial charge on any atom is 0.240 e. The van der Waals surface area contributed by atoms with Gasteiger partial charge in [-0.05, 0) is 33.7 Å². The van der Waals surface area contributed by atoms with Crippen LogP contribution in [0.2, 0.25) is 0 Å². The lowest BCUT2D eigenvalue weighted by Crippen LogP contribution is -2.45. The molecule has 1 fully saturated rings. The molecule has 0 aromatic carbocycles. The lowest BCUT2D eigenvalue weighted by atomic mass is 10.1. The quantitative estimate of drug-likeness (QED) is 0.784. The van der Waals surface area contributed by atoms with Gasteiger partial charge in [0.25, 0.3) is 0 Å². The number of hydrogen-bond donors (Lipinski definition) is 1. The predicted octanol–water partition coefficient (Wildman–Crippen LogP) is 1.13. The van der Waals surface area contributed by atoms with Crippen LogP contribution in [0.25, 0.3) is 0 Å². The van der Waals surface area contributed by atoms with Crippen LogP contribution < -0.4 is 5.32 Å². The van der Waals surface area contributed by atoms with Gasteiger partial charge in [-0.1, -0.05) is 13.8 Å². The summed E-state index contributed by atoms with van der Waals surface area (Å²) in [5, 5.41) is 3.36. The van der Waals surface area contributed by atoms with Crippen molar-refractivity contribution in [3.63, 3.8) is 0 Å². The van der Waals surface area contributed by atoms with Crippen molar-refractivity contribution in [2.24, 2.45) is 5.92 Å². The lowest BCUT2D eigenvalue weighted by molar-refractivity contribution is -0.130. The zero-order chi connectivity index (χ0) is 13.2. The van der Waals surface area contributed by atoms with Gasteiger partial charge in [0.15, 0.2) is 0 Å². The molecule has 4 heteroatoms. The number of carbonyl (C=O) groups excluding carboxylic acids is 1. The van der Waals surface area contributed by atoms with Crippen molar-refractivity contribution in [2.75, 3.05) is 20.1 Å². The first kappa shape index (κ1) is 14.5. The summed E-state index contributed by atoms with van der Waals surface area (Å²) in [5.41, 5.74) is 0. The molecule has 0 aromatic rings. The summed E-state index contributed by atoms with van der Waals surface area (Å²) in [7, 11) is 2.10. The highest BCUT2D eigenvalue weighted by Gasteiger charge is 2.37. The van der Waals surface area contributed by atoms with Gasteiger partial charge in [-0.15, -0.1) is 0 Å². The first-order valence-corrected chi connectivity index (χ1v) is 6.61. The van der Waals surface area contributed by atoms with Crippen LogP contribution >= 0.6 is 0 Å². The molecule has 100 valence electrons. The number of nitrogens with one attached hydrogen (secondary N) is 1. The second-order valence-electron chi connectivity index (χ2n) is 5.68. The molecular weight excluding hydrogens is 214 g/mol. The molecule has 1 N–H and O–H groups in total. The fourth-order valence-electron chi connectivity index (χ4n) is 2.13. The van der Waals surface area contributed by atoms with E-state index in [1.165, 1.54) is 0 Å². The fourth-order valence-corrected chi connectivity index (χ4v) is 2.13. The predicted molar refractivity (Wildman–Crippen MR) is 70.7 cm³/mol. The summed E-state index contributed by atoms with van der Waals surface area (Å²) >= 11 is 0. The van der Waals surface area contributed by atoms with Crippen LogP contribution in [0.1, 0.15) is 34.6 Å². The molecule has 1 heterocycles. The Morgan fingerprint density at radius 1 is 1.35 bits per heavy atom. The van der Waals surface area contributed by atoms with Crippen molar-refractivity contribution in [1.82, 2.24) is 15.1 Å². The SMILES string of the molecule is CC1NC(C(C)C)N(CCN(C)C(C)C)C1=O. The average Bonchev–Trinajstić information content (AvgIpc) is 2.52. The van der Waals surface area contributed by atoms with Gasteiger partial charge in [-0.3, -0.25) is 10.1 Å². The summed E-state index contributed by atoms with van der Waals surface area (Å²) < 4.78 is 0. The van der Waals surface area contributed by atoms with Crippen molar-refractivity contribution in [3.8, 4) is 0 Å². The highest BCUT2D eigenvalue weighted by Crippen LogP contribution is 2.17. The summed E-state index contributed by atoms with van der Waals surface area (Å²) in [6.07, 6.45) is 0.193. The molecule has 2 atom stereocenters. The van der Waals surface area contributed by atoms with Gasteiger partial charge in [0, 0.05) is 19.1 Å². The number of hydrogen-bond acceptors (Lipinski definition) is 3. The second kappa shape index (κ2) is 5.83. The smallest absolute Gasteiger partial charge is 0.240 e. The Bertz CT molecular complexity index is 265. The zero-order valence-corrected chi connectivity index (χ0v) is 12.0. The molecule has 0 saturated carbocycles. The van der Waals surface area contributed by atoms with E-state index in [1.807, 2.05) is 11.8 Å². The van der Waals surface area contributed by atoms with Gasteiger partial charge in [0.05, 0.1) is 12.2 Å². The number of carbonyl (C=O) groups is 1. The van der Waals surface area contributed by atoms with Gasteiger partial charge in [-0.2, -0.15) is 0 Å². The third-order valence-electron chi connectivity index (χ3n) is 3.62. The van der Waals surface area contributed by atoms with Crippen LogP contribution in [0.4, 0.5) is 0 Å². The van der Waals surface area contributed by atoms with E-state index < -0.39 is 0 Å². The van der Waals surface area contributed by atoms with Crippen molar-refractivity contribution >= 4 is 5.91 Å². The van der Waals surface area contributed by atoms with E-state index in [1.54, 1.807) is 0 Å². The minimum atomic E-state index is -0.0354. The van der Waals surface area contributed by atoms with Crippen LogP contribution in [-0.2, 0) is 4.79 Å². The summed E-state index contributed by atoms with van der Waals surface area (Å²) in [6, 6.07) is 0.488. The third kappa shape index (κ3) is 3.42. The van der Waals surface area contributed by atoms with E-state index in [2.05, 4.69) is 45.0 Å². The monoisotopic (exact) mass is 241 g/mol. The second-order valence-corrected chi connectivity index (χ2v) is 5.68. The lowest BCUT2D eigenvalue weighted by Gasteiger charge is -2.30. The molecule has 1 aliphatic heterocycles. The number of likely N-dealkylation sites (N-methyl/N-ethyl adjacent to an activating group) is 1. The van der Waals surface area contributed by atoms with E-state index in [0.717, 1.165) is 13.1 Å². The molecule has 0 radical (unpaired) electrons. The molecule has 1 saturated heterocycles. The Hall–Kier alpha value is -0.610. The van der Waals surface area contributed by atoms with Gasteiger partial charge in [-0.25, -0.2) is 0 Å². The number of amides is 1. The van der Waals surface area contributed by atoms with E-state index in [9.17, 15) is 4.79 Å². The normalized spacial score (nSPS) is 25.7. The largest absolute Gasteiger partial charge is 0.324 e. The van der Waals surface area contributed by atoms with Crippen molar-refractivity contribution in [2.45, 2.75) is 52.9 Å². The van der Waals surface area contributed by atoms with Crippen LogP contribution in [0.15, 0.2) is 0 Å². The van der Waals surface area contributed by atoms with Crippen LogP contribution in [-0.4, -0.2) is 54.1 Å². The van der Waals surface area contributed by atoms with Gasteiger partial charge in [0.1, 0.15) is 0 Å². The van der Waals surface area contributed by atoms with Crippen LogP contribution in [0.3, 0.4) is 0 Å². The zero-order valence-electron chi connectivity index (χ0n) is 12.0. The molecule has 1 aliphatic rings. The molecule has 2 unspecified atom stereocenters. The van der Waals surface area contributed by atoms with E-state index in [0.29, 0.717) is 12.0 Å². The van der Waals surface area contributed by atoms with Crippen molar-refractivity contribution in [3.05, 3.63) is 0 Å². The summed E-state index contributed by atoms with van der Waals surface area (Å²) in [6.45, 7) is 12.3. The molecule has 0 spiro atoms. The first-order chi connectivity index (χ1) is 7.84. The van der Waals surface area contributed by atoms with Crippen LogP contribution in [0, 0.1) is 5.92 Å². The Kier molecular flexibility index (Phi) is 4.95. The highest BCUT2D eigenvalue weighted by atomic mass is 16.2. The molecule has 0 bridgehead atoms. The molecule has 0 aromatic heterocycles. The Balaban J connectivity index is 2.57. The number of rotatable bonds is 5. The third-order valence-corrected chi connectivity index (χ3v) is 3.62. The minimum absolute atomic E-state index is 0.0354. The molecule has 0 aliphatic carbocycles. The summed E-state index contributed by atoms with van der Waals surface area (Å²) in [5.74, 6) is 0.689. The topological polar surface area (TPSA) is 35.6 Å². The van der Waals surface area contributed by atoms with Gasteiger partial charge < -0.3 is 9.80 Å². The Labute approximate surface area is 105 Å². The maximum atomic E-state index is 12.0. The van der Waals surface area contributed by atoms with Gasteiger partial charge >= 0.3 is 0 Å². The average molecular weight is 241 g/mol. The van der Waals surface area contributed by atoms with E-state index >= 15 is 0 Å². The summed E-state index contributed by atoms with van der Waals surface area (Å²) in [4.78, 5) is 16.3. The maximum absolute atomic E-state index is 12.0. The Morgan fingerprint density at radius 2 is 1.94 bits per heavy atom. The molecule has 1 amide bonds. The van der Waals surface area contributed by atoms with E-state index in [-0.39, 0.29) is 18.1 Å². The van der Waals surface area contributed by atoms with Crippen molar-refractivity contribution in [1.29, 1.82) is 0 Å². The molecule has 4 nitrogen and oxygen atoms in total. The fraction of sp³-hybridized carbons (Fsp3) is 0.923. The Morgan fingerprint density at radius 3 is 2.41 bits per heavy atom. The molecular formula is C13H27N3O. The minimum Gasteiger partial charge on any atom is -0.324 e.